The Morgan fingerprint density at radius 1 is 1.43 bits per heavy atom. The molecule has 0 spiro atoms. The minimum absolute atomic E-state index is 0.0943. The lowest BCUT2D eigenvalue weighted by molar-refractivity contribution is -0.147. The number of hydrogen-bond donors (Lipinski definition) is 2. The predicted molar refractivity (Wildman–Crippen MR) is 80.5 cm³/mol. The number of rotatable bonds is 5. The standard InChI is InChI=1S/C14H21N3O5S/c1-17-9-11(12(15-17)10-3-2-4-10)23(20,21)16-14(13(18)19)5-7-22-8-6-14/h9-10,16H,2-8H2,1H3,(H,18,19). The van der Waals surface area contributed by atoms with Gasteiger partial charge in [0.2, 0.25) is 10.0 Å². The van der Waals surface area contributed by atoms with E-state index in [0.717, 1.165) is 19.3 Å². The van der Waals surface area contributed by atoms with Gasteiger partial charge >= 0.3 is 5.97 Å². The minimum atomic E-state index is -3.96. The molecule has 0 atom stereocenters. The molecule has 1 aromatic rings. The van der Waals surface area contributed by atoms with Crippen molar-refractivity contribution < 1.29 is 23.1 Å². The first-order valence-corrected chi connectivity index (χ1v) is 9.21. The zero-order valence-electron chi connectivity index (χ0n) is 13.0. The molecule has 128 valence electrons. The van der Waals surface area contributed by atoms with Gasteiger partial charge in [-0.05, 0) is 12.8 Å². The maximum Gasteiger partial charge on any atom is 0.325 e. The highest BCUT2D eigenvalue weighted by molar-refractivity contribution is 7.89. The van der Waals surface area contributed by atoms with E-state index in [1.54, 1.807) is 7.05 Å². The molecule has 0 amide bonds. The molecule has 1 aliphatic heterocycles. The second-order valence-electron chi connectivity index (χ2n) is 6.29. The fourth-order valence-electron chi connectivity index (χ4n) is 3.05. The van der Waals surface area contributed by atoms with E-state index in [2.05, 4.69) is 9.82 Å². The van der Waals surface area contributed by atoms with Crippen LogP contribution in [-0.2, 0) is 26.6 Å². The van der Waals surface area contributed by atoms with E-state index >= 15 is 0 Å². The molecule has 0 unspecified atom stereocenters. The zero-order valence-corrected chi connectivity index (χ0v) is 13.8. The molecule has 9 heteroatoms. The van der Waals surface area contributed by atoms with Crippen molar-refractivity contribution in [2.75, 3.05) is 13.2 Å². The smallest absolute Gasteiger partial charge is 0.325 e. The largest absolute Gasteiger partial charge is 0.480 e. The Morgan fingerprint density at radius 2 is 2.09 bits per heavy atom. The molecule has 0 bridgehead atoms. The first-order valence-electron chi connectivity index (χ1n) is 7.73. The van der Waals surface area contributed by atoms with Crippen molar-refractivity contribution in [3.8, 4) is 0 Å². The Bertz CT molecular complexity index is 702. The van der Waals surface area contributed by atoms with Crippen molar-refractivity contribution in [2.24, 2.45) is 7.05 Å². The van der Waals surface area contributed by atoms with Crippen molar-refractivity contribution in [3.05, 3.63) is 11.9 Å². The van der Waals surface area contributed by atoms with Crippen molar-refractivity contribution >= 4 is 16.0 Å². The lowest BCUT2D eigenvalue weighted by Crippen LogP contribution is -2.57. The van der Waals surface area contributed by atoms with Crippen LogP contribution in [0.4, 0.5) is 0 Å². The summed E-state index contributed by atoms with van der Waals surface area (Å²) in [6.07, 6.45) is 4.56. The number of carbonyl (C=O) groups is 1. The normalized spacial score (nSPS) is 21.8. The van der Waals surface area contributed by atoms with Crippen LogP contribution in [0.15, 0.2) is 11.1 Å². The summed E-state index contributed by atoms with van der Waals surface area (Å²) in [4.78, 5) is 11.8. The molecule has 2 fully saturated rings. The lowest BCUT2D eigenvalue weighted by atomic mass is 9.83. The third-order valence-corrected chi connectivity index (χ3v) is 6.24. The Balaban J connectivity index is 1.93. The first-order chi connectivity index (χ1) is 10.8. The van der Waals surface area contributed by atoms with Gasteiger partial charge in [-0.2, -0.15) is 9.82 Å². The van der Waals surface area contributed by atoms with Gasteiger partial charge in [0.1, 0.15) is 10.4 Å². The molecule has 2 heterocycles. The summed E-state index contributed by atoms with van der Waals surface area (Å²) in [5, 5.41) is 13.8. The van der Waals surface area contributed by atoms with Crippen LogP contribution in [0.5, 0.6) is 0 Å². The summed E-state index contributed by atoms with van der Waals surface area (Å²) in [5.74, 6) is -1.03. The molecule has 8 nitrogen and oxygen atoms in total. The Morgan fingerprint density at radius 3 is 2.61 bits per heavy atom. The molecule has 23 heavy (non-hydrogen) atoms. The molecule has 1 aromatic heterocycles. The summed E-state index contributed by atoms with van der Waals surface area (Å²) >= 11 is 0. The van der Waals surface area contributed by atoms with Crippen molar-refractivity contribution in [2.45, 2.75) is 48.5 Å². The number of hydrogen-bond acceptors (Lipinski definition) is 5. The van der Waals surface area contributed by atoms with Crippen LogP contribution in [0.3, 0.4) is 0 Å². The SMILES string of the molecule is Cn1cc(S(=O)(=O)NC2(C(=O)O)CCOCC2)c(C2CCC2)n1. The number of aromatic nitrogens is 2. The van der Waals surface area contributed by atoms with Crippen LogP contribution >= 0.6 is 0 Å². The number of carboxylic acids is 1. The average molecular weight is 343 g/mol. The molecule has 1 aliphatic carbocycles. The van der Waals surface area contributed by atoms with E-state index in [1.807, 2.05) is 0 Å². The van der Waals surface area contributed by atoms with Gasteiger partial charge in [-0.25, -0.2) is 8.42 Å². The van der Waals surface area contributed by atoms with E-state index in [9.17, 15) is 18.3 Å². The van der Waals surface area contributed by atoms with E-state index < -0.39 is 21.5 Å². The summed E-state index contributed by atoms with van der Waals surface area (Å²) in [5.41, 5.74) is -0.970. The van der Waals surface area contributed by atoms with Crippen LogP contribution < -0.4 is 4.72 Å². The summed E-state index contributed by atoms with van der Waals surface area (Å²) < 4.78 is 34.7. The number of carboxylic acid groups (broad SMARTS) is 1. The number of nitrogens with zero attached hydrogens (tertiary/aromatic N) is 2. The molecule has 2 N–H and O–H groups in total. The molecule has 1 saturated heterocycles. The number of sulfonamides is 1. The number of aliphatic carboxylic acids is 1. The lowest BCUT2D eigenvalue weighted by Gasteiger charge is -2.33. The molecule has 0 aromatic carbocycles. The molecular formula is C14H21N3O5S. The highest BCUT2D eigenvalue weighted by atomic mass is 32.2. The fraction of sp³-hybridized carbons (Fsp3) is 0.714. The molecule has 1 saturated carbocycles. The van der Waals surface area contributed by atoms with Crippen LogP contribution in [0.25, 0.3) is 0 Å². The van der Waals surface area contributed by atoms with Gasteiger partial charge in [0.15, 0.2) is 0 Å². The van der Waals surface area contributed by atoms with Crippen LogP contribution in [0.2, 0.25) is 0 Å². The van der Waals surface area contributed by atoms with Gasteiger partial charge in [-0.1, -0.05) is 6.42 Å². The number of nitrogens with one attached hydrogen (secondary N) is 1. The van der Waals surface area contributed by atoms with Gasteiger partial charge in [-0.3, -0.25) is 9.48 Å². The predicted octanol–water partition coefficient (Wildman–Crippen LogP) is 0.600. The van der Waals surface area contributed by atoms with Crippen molar-refractivity contribution in [1.29, 1.82) is 0 Å². The second-order valence-corrected chi connectivity index (χ2v) is 7.94. The summed E-state index contributed by atoms with van der Waals surface area (Å²) in [7, 11) is -2.29. The Hall–Kier alpha value is -1.45. The van der Waals surface area contributed by atoms with E-state index in [-0.39, 0.29) is 36.9 Å². The van der Waals surface area contributed by atoms with Gasteiger partial charge in [0.25, 0.3) is 0 Å². The highest BCUT2D eigenvalue weighted by Gasteiger charge is 2.45. The fourth-order valence-corrected chi connectivity index (χ4v) is 4.74. The van der Waals surface area contributed by atoms with Gasteiger partial charge in [-0.15, -0.1) is 0 Å². The van der Waals surface area contributed by atoms with Crippen LogP contribution in [-0.4, -0.2) is 48.0 Å². The topological polar surface area (TPSA) is 111 Å². The molecule has 2 aliphatic rings. The van der Waals surface area contributed by atoms with Crippen LogP contribution in [0, 0.1) is 0 Å². The van der Waals surface area contributed by atoms with E-state index in [1.165, 1.54) is 10.9 Å². The van der Waals surface area contributed by atoms with Gasteiger partial charge in [0, 0.05) is 45.2 Å². The van der Waals surface area contributed by atoms with Gasteiger partial charge < -0.3 is 9.84 Å². The van der Waals surface area contributed by atoms with Crippen molar-refractivity contribution in [1.82, 2.24) is 14.5 Å². The molecular weight excluding hydrogens is 322 g/mol. The highest BCUT2D eigenvalue weighted by Crippen LogP contribution is 2.38. The minimum Gasteiger partial charge on any atom is -0.480 e. The summed E-state index contributed by atoms with van der Waals surface area (Å²) in [6, 6.07) is 0. The Labute approximate surface area is 134 Å². The third-order valence-electron chi connectivity index (χ3n) is 4.69. The maximum absolute atomic E-state index is 12.8. The Kier molecular flexibility index (Phi) is 4.19. The first kappa shape index (κ1) is 16.4. The zero-order chi connectivity index (χ0) is 16.7. The van der Waals surface area contributed by atoms with E-state index in [0.29, 0.717) is 5.69 Å². The van der Waals surface area contributed by atoms with Crippen molar-refractivity contribution in [3.63, 3.8) is 0 Å². The average Bonchev–Trinajstić information content (AvgIpc) is 2.80. The molecule has 0 radical (unpaired) electrons. The van der Waals surface area contributed by atoms with Gasteiger partial charge in [0.05, 0.1) is 5.69 Å². The quantitative estimate of drug-likeness (QED) is 0.810. The maximum atomic E-state index is 12.8. The monoisotopic (exact) mass is 343 g/mol. The second kappa shape index (κ2) is 5.88. The van der Waals surface area contributed by atoms with E-state index in [4.69, 9.17) is 4.74 Å². The number of aryl methyl sites for hydroxylation is 1. The summed E-state index contributed by atoms with van der Waals surface area (Å²) in [6.45, 7) is 0.439. The van der Waals surface area contributed by atoms with Crippen LogP contribution in [0.1, 0.15) is 43.7 Å². The third kappa shape index (κ3) is 3.00. The molecule has 3 rings (SSSR count). The number of ether oxygens (including phenoxy) is 1.